The second kappa shape index (κ2) is 8.26. The van der Waals surface area contributed by atoms with Gasteiger partial charge < -0.3 is 5.32 Å². The third kappa shape index (κ3) is 4.78. The zero-order valence-corrected chi connectivity index (χ0v) is 16.8. The van der Waals surface area contributed by atoms with Gasteiger partial charge in [0.2, 0.25) is 5.91 Å². The predicted molar refractivity (Wildman–Crippen MR) is 109 cm³/mol. The van der Waals surface area contributed by atoms with Gasteiger partial charge in [-0.25, -0.2) is 8.42 Å². The van der Waals surface area contributed by atoms with Gasteiger partial charge in [-0.3, -0.25) is 4.79 Å². The number of hydrogen-bond acceptors (Lipinski definition) is 3. The molecule has 1 fully saturated rings. The summed E-state index contributed by atoms with van der Waals surface area (Å²) in [7, 11) is -3.25. The number of anilines is 1. The number of amides is 1. The highest BCUT2D eigenvalue weighted by molar-refractivity contribution is 7.92. The molecule has 1 aliphatic rings. The molecule has 0 spiro atoms. The van der Waals surface area contributed by atoms with Gasteiger partial charge in [-0.15, -0.1) is 0 Å². The Hall–Kier alpha value is -2.14. The van der Waals surface area contributed by atoms with Crippen LogP contribution in [0.1, 0.15) is 48.8 Å². The molecule has 1 N–H and O–H groups in total. The van der Waals surface area contributed by atoms with E-state index < -0.39 is 9.84 Å². The van der Waals surface area contributed by atoms with Crippen LogP contribution >= 0.6 is 0 Å². The fourth-order valence-electron chi connectivity index (χ4n) is 3.72. The summed E-state index contributed by atoms with van der Waals surface area (Å²) < 4.78 is 25.2. The molecule has 0 aliphatic heterocycles. The number of nitrogens with one attached hydrogen (secondary N) is 1. The van der Waals surface area contributed by atoms with Crippen LogP contribution in [0.2, 0.25) is 0 Å². The molecule has 0 aromatic heterocycles. The van der Waals surface area contributed by atoms with Crippen molar-refractivity contribution in [3.8, 4) is 0 Å². The Morgan fingerprint density at radius 1 is 1.04 bits per heavy atom. The van der Waals surface area contributed by atoms with Crippen molar-refractivity contribution in [2.45, 2.75) is 62.5 Å². The summed E-state index contributed by atoms with van der Waals surface area (Å²) in [5.74, 6) is -0.0682. The Morgan fingerprint density at radius 2 is 1.70 bits per heavy atom. The predicted octanol–water partition coefficient (Wildman–Crippen LogP) is 4.59. The van der Waals surface area contributed by atoms with Crippen LogP contribution in [0.25, 0.3) is 0 Å². The molecule has 1 saturated carbocycles. The molecule has 0 atom stereocenters. The van der Waals surface area contributed by atoms with E-state index in [1.54, 1.807) is 24.3 Å². The highest BCUT2D eigenvalue weighted by atomic mass is 32.2. The van der Waals surface area contributed by atoms with Gasteiger partial charge in [0.25, 0.3) is 0 Å². The third-order valence-electron chi connectivity index (χ3n) is 5.33. The molecule has 0 saturated heterocycles. The summed E-state index contributed by atoms with van der Waals surface area (Å²) in [6.45, 7) is 4.11. The summed E-state index contributed by atoms with van der Waals surface area (Å²) in [5, 5.41) is 2.60. The zero-order valence-electron chi connectivity index (χ0n) is 16.0. The van der Waals surface area contributed by atoms with Gasteiger partial charge in [-0.05, 0) is 68.5 Å². The molecule has 0 radical (unpaired) electrons. The number of aryl methyl sites for hydroxylation is 3. The fraction of sp³-hybridized carbons (Fsp3) is 0.409. The van der Waals surface area contributed by atoms with Crippen LogP contribution in [0.4, 0.5) is 5.69 Å². The van der Waals surface area contributed by atoms with E-state index in [2.05, 4.69) is 37.4 Å². The van der Waals surface area contributed by atoms with Crippen molar-refractivity contribution < 1.29 is 13.2 Å². The molecule has 4 nitrogen and oxygen atoms in total. The minimum atomic E-state index is -3.25. The Labute approximate surface area is 161 Å². The van der Waals surface area contributed by atoms with E-state index in [4.69, 9.17) is 0 Å². The minimum Gasteiger partial charge on any atom is -0.326 e. The van der Waals surface area contributed by atoms with Gasteiger partial charge in [0.15, 0.2) is 9.84 Å². The maximum atomic E-state index is 12.6. The lowest BCUT2D eigenvalue weighted by Crippen LogP contribution is -2.18. The second-order valence-electron chi connectivity index (χ2n) is 7.45. The lowest BCUT2D eigenvalue weighted by molar-refractivity contribution is -0.116. The van der Waals surface area contributed by atoms with Crippen LogP contribution in [-0.2, 0) is 21.1 Å². The van der Waals surface area contributed by atoms with Crippen LogP contribution in [-0.4, -0.2) is 19.6 Å². The molecule has 27 heavy (non-hydrogen) atoms. The van der Waals surface area contributed by atoms with Crippen molar-refractivity contribution in [1.29, 1.82) is 0 Å². The molecule has 144 valence electrons. The van der Waals surface area contributed by atoms with Crippen LogP contribution in [0, 0.1) is 13.8 Å². The molecule has 1 amide bonds. The smallest absolute Gasteiger partial charge is 0.224 e. The van der Waals surface area contributed by atoms with Crippen LogP contribution in [0.3, 0.4) is 0 Å². The van der Waals surface area contributed by atoms with Gasteiger partial charge in [0.1, 0.15) is 0 Å². The lowest BCUT2D eigenvalue weighted by atomic mass is 10.0. The van der Waals surface area contributed by atoms with Crippen molar-refractivity contribution in [2.75, 3.05) is 5.32 Å². The summed E-state index contributed by atoms with van der Waals surface area (Å²) in [5.41, 5.74) is 4.22. The number of carbonyl (C=O) groups excluding carboxylic acids is 1. The molecule has 0 unspecified atom stereocenters. The van der Waals surface area contributed by atoms with E-state index in [1.165, 1.54) is 16.7 Å². The summed E-state index contributed by atoms with van der Waals surface area (Å²) >= 11 is 0. The summed E-state index contributed by atoms with van der Waals surface area (Å²) in [6, 6.07) is 12.8. The average Bonchev–Trinajstić information content (AvgIpc) is 3.17. The first-order valence-electron chi connectivity index (χ1n) is 9.56. The Bertz CT molecular complexity index is 911. The maximum Gasteiger partial charge on any atom is 0.224 e. The highest BCUT2D eigenvalue weighted by Crippen LogP contribution is 2.30. The maximum absolute atomic E-state index is 12.6. The van der Waals surface area contributed by atoms with E-state index in [9.17, 15) is 13.2 Å². The number of sulfone groups is 1. The number of hydrogen-bond donors (Lipinski definition) is 1. The first kappa shape index (κ1) is 19.6. The SMILES string of the molecule is Cc1ccc(CCC(=O)Nc2ccc(S(=O)(=O)C3CCCC3)cc2)c(C)c1. The Morgan fingerprint density at radius 3 is 2.33 bits per heavy atom. The first-order valence-corrected chi connectivity index (χ1v) is 11.1. The molecular weight excluding hydrogens is 358 g/mol. The van der Waals surface area contributed by atoms with Crippen molar-refractivity contribution >= 4 is 21.4 Å². The van der Waals surface area contributed by atoms with Gasteiger partial charge in [0.05, 0.1) is 10.1 Å². The monoisotopic (exact) mass is 385 g/mol. The average molecular weight is 386 g/mol. The molecule has 0 bridgehead atoms. The zero-order chi connectivity index (χ0) is 19.4. The van der Waals surface area contributed by atoms with E-state index in [0.29, 0.717) is 23.4 Å². The molecule has 2 aromatic rings. The first-order chi connectivity index (χ1) is 12.9. The molecule has 3 rings (SSSR count). The quantitative estimate of drug-likeness (QED) is 0.791. The van der Waals surface area contributed by atoms with Crippen LogP contribution < -0.4 is 5.32 Å². The van der Waals surface area contributed by atoms with Crippen molar-refractivity contribution in [1.82, 2.24) is 0 Å². The highest BCUT2D eigenvalue weighted by Gasteiger charge is 2.30. The van der Waals surface area contributed by atoms with Crippen molar-refractivity contribution in [2.24, 2.45) is 0 Å². The Balaban J connectivity index is 1.58. The molecule has 0 heterocycles. The van der Waals surface area contributed by atoms with E-state index in [0.717, 1.165) is 25.7 Å². The van der Waals surface area contributed by atoms with Gasteiger partial charge >= 0.3 is 0 Å². The van der Waals surface area contributed by atoms with Gasteiger partial charge in [-0.2, -0.15) is 0 Å². The van der Waals surface area contributed by atoms with Crippen molar-refractivity contribution in [3.05, 3.63) is 59.2 Å². The topological polar surface area (TPSA) is 63.2 Å². The van der Waals surface area contributed by atoms with E-state index in [1.807, 2.05) is 0 Å². The standard InChI is InChI=1S/C22H27NO3S/c1-16-7-8-18(17(2)15-16)9-14-22(24)23-19-10-12-21(13-11-19)27(25,26)20-5-3-4-6-20/h7-8,10-13,15,20H,3-6,9,14H2,1-2H3,(H,23,24). The summed E-state index contributed by atoms with van der Waals surface area (Å²) in [6.07, 6.45) is 4.55. The lowest BCUT2D eigenvalue weighted by Gasteiger charge is -2.12. The molecule has 5 heteroatoms. The summed E-state index contributed by atoms with van der Waals surface area (Å²) in [4.78, 5) is 12.6. The minimum absolute atomic E-state index is 0.0682. The van der Waals surface area contributed by atoms with E-state index >= 15 is 0 Å². The number of carbonyl (C=O) groups is 1. The number of benzene rings is 2. The molecule has 2 aromatic carbocycles. The normalized spacial score (nSPS) is 15.0. The largest absolute Gasteiger partial charge is 0.326 e. The van der Waals surface area contributed by atoms with Crippen LogP contribution in [0.5, 0.6) is 0 Å². The molecular formula is C22H27NO3S. The van der Waals surface area contributed by atoms with Gasteiger partial charge in [-0.1, -0.05) is 36.6 Å². The fourth-order valence-corrected chi connectivity index (χ4v) is 5.57. The Kier molecular flexibility index (Phi) is 6.00. The van der Waals surface area contributed by atoms with Gasteiger partial charge in [0, 0.05) is 12.1 Å². The van der Waals surface area contributed by atoms with Crippen molar-refractivity contribution in [3.63, 3.8) is 0 Å². The second-order valence-corrected chi connectivity index (χ2v) is 9.68. The third-order valence-corrected chi connectivity index (χ3v) is 7.61. The number of rotatable bonds is 6. The van der Waals surface area contributed by atoms with Crippen LogP contribution in [0.15, 0.2) is 47.4 Å². The van der Waals surface area contributed by atoms with E-state index in [-0.39, 0.29) is 11.2 Å². The molecule has 1 aliphatic carbocycles.